The highest BCUT2D eigenvalue weighted by Gasteiger charge is 2.13. The maximum absolute atomic E-state index is 3.47. The van der Waals surface area contributed by atoms with Crippen molar-refractivity contribution in [3.05, 3.63) is 29.3 Å². The first-order chi connectivity index (χ1) is 11.9. The highest BCUT2D eigenvalue weighted by Crippen LogP contribution is 2.29. The average Bonchev–Trinajstić information content (AvgIpc) is 3.11. The zero-order chi connectivity index (χ0) is 16.5. The van der Waals surface area contributed by atoms with E-state index >= 15 is 0 Å². The van der Waals surface area contributed by atoms with Crippen molar-refractivity contribution < 1.29 is 0 Å². The van der Waals surface area contributed by atoms with Crippen LogP contribution in [0.1, 0.15) is 68.9 Å². The summed E-state index contributed by atoms with van der Waals surface area (Å²) in [6.07, 6.45) is 12.8. The van der Waals surface area contributed by atoms with Crippen molar-refractivity contribution in [2.75, 3.05) is 25.4 Å². The molecule has 3 heteroatoms. The van der Waals surface area contributed by atoms with Crippen molar-refractivity contribution in [2.45, 2.75) is 75.8 Å². The van der Waals surface area contributed by atoms with E-state index in [-0.39, 0.29) is 0 Å². The largest absolute Gasteiger partial charge is 0.309 e. The molecule has 24 heavy (non-hydrogen) atoms. The molecule has 2 aliphatic heterocycles. The lowest BCUT2D eigenvalue weighted by Gasteiger charge is -2.26. The van der Waals surface area contributed by atoms with Crippen molar-refractivity contribution in [2.24, 2.45) is 0 Å². The van der Waals surface area contributed by atoms with E-state index in [9.17, 15) is 0 Å². The molecule has 1 saturated heterocycles. The third-order valence-electron chi connectivity index (χ3n) is 5.42. The minimum Gasteiger partial charge on any atom is -0.309 e. The molecule has 2 heterocycles. The number of hydrogen-bond donors (Lipinski definition) is 1. The second-order valence-electron chi connectivity index (χ2n) is 7.37. The van der Waals surface area contributed by atoms with E-state index < -0.39 is 0 Å². The Balaban J connectivity index is 1.18. The Labute approximate surface area is 152 Å². The topological polar surface area (TPSA) is 15.3 Å². The Morgan fingerprint density at radius 2 is 1.67 bits per heavy atom. The van der Waals surface area contributed by atoms with Gasteiger partial charge in [-0.1, -0.05) is 44.2 Å². The van der Waals surface area contributed by atoms with Gasteiger partial charge < -0.3 is 10.2 Å². The van der Waals surface area contributed by atoms with Gasteiger partial charge in [0.25, 0.3) is 0 Å². The van der Waals surface area contributed by atoms with E-state index in [1.165, 1.54) is 93.6 Å². The molecular weight excluding hydrogens is 312 g/mol. The van der Waals surface area contributed by atoms with E-state index in [0.717, 1.165) is 13.1 Å². The molecule has 134 valence electrons. The molecule has 0 radical (unpaired) electrons. The molecule has 1 aromatic rings. The molecule has 1 N–H and O–H groups in total. The number of fused-ring (bicyclic) bond motifs is 1. The van der Waals surface area contributed by atoms with Crippen molar-refractivity contribution in [1.29, 1.82) is 0 Å². The Bertz CT molecular complexity index is 483. The molecule has 0 spiro atoms. The van der Waals surface area contributed by atoms with Crippen molar-refractivity contribution in [3.63, 3.8) is 0 Å². The van der Waals surface area contributed by atoms with Gasteiger partial charge in [-0.2, -0.15) is 0 Å². The number of unbranched alkanes of at least 4 members (excludes halogenated alkanes) is 5. The van der Waals surface area contributed by atoms with Gasteiger partial charge in [-0.15, -0.1) is 11.8 Å². The van der Waals surface area contributed by atoms with Crippen LogP contribution in [0.5, 0.6) is 0 Å². The summed E-state index contributed by atoms with van der Waals surface area (Å²) in [5, 5.41) is 3.47. The highest BCUT2D eigenvalue weighted by atomic mass is 32.2. The summed E-state index contributed by atoms with van der Waals surface area (Å²) < 4.78 is 0. The minimum atomic E-state index is 1.06. The molecule has 1 fully saturated rings. The van der Waals surface area contributed by atoms with Gasteiger partial charge in [0, 0.05) is 18.0 Å². The smallest absolute Gasteiger partial charge is 0.0223 e. The first-order valence-electron chi connectivity index (χ1n) is 10.1. The lowest BCUT2D eigenvalue weighted by Crippen LogP contribution is -2.30. The van der Waals surface area contributed by atoms with Gasteiger partial charge in [0.1, 0.15) is 0 Å². The van der Waals surface area contributed by atoms with Crippen LogP contribution in [0.4, 0.5) is 0 Å². The fourth-order valence-corrected chi connectivity index (χ4v) is 5.07. The molecule has 0 unspecified atom stereocenters. The second-order valence-corrected chi connectivity index (χ2v) is 8.51. The van der Waals surface area contributed by atoms with Gasteiger partial charge in [0.2, 0.25) is 0 Å². The van der Waals surface area contributed by atoms with E-state index in [0.29, 0.717) is 0 Å². The molecule has 0 amide bonds. The van der Waals surface area contributed by atoms with E-state index in [2.05, 4.69) is 40.2 Å². The predicted octanol–water partition coefficient (Wildman–Crippen LogP) is 5.21. The number of nitrogens with zero attached hydrogens (tertiary/aromatic N) is 1. The maximum Gasteiger partial charge on any atom is 0.0223 e. The van der Waals surface area contributed by atoms with Gasteiger partial charge >= 0.3 is 0 Å². The quantitative estimate of drug-likeness (QED) is 0.462. The lowest BCUT2D eigenvalue weighted by atomic mass is 10.1. The Morgan fingerprint density at radius 1 is 0.875 bits per heavy atom. The SMILES string of the molecule is c1cc2c(c(SCCCCCCCCN3CCCCC3)c1)CNC2. The molecule has 3 rings (SSSR count). The van der Waals surface area contributed by atoms with E-state index in [1.54, 1.807) is 5.56 Å². The summed E-state index contributed by atoms with van der Waals surface area (Å²) >= 11 is 2.07. The molecule has 2 aliphatic rings. The Morgan fingerprint density at radius 3 is 2.54 bits per heavy atom. The van der Waals surface area contributed by atoms with Crippen LogP contribution in [0.2, 0.25) is 0 Å². The van der Waals surface area contributed by atoms with Crippen LogP contribution in [0.3, 0.4) is 0 Å². The molecule has 1 aromatic carbocycles. The summed E-state index contributed by atoms with van der Waals surface area (Å²) in [7, 11) is 0. The van der Waals surface area contributed by atoms with Gasteiger partial charge in [-0.3, -0.25) is 0 Å². The Hall–Kier alpha value is -0.510. The normalized spacial score (nSPS) is 18.0. The number of likely N-dealkylation sites (tertiary alicyclic amines) is 1. The highest BCUT2D eigenvalue weighted by molar-refractivity contribution is 7.99. The van der Waals surface area contributed by atoms with Gasteiger partial charge in [-0.05, 0) is 68.3 Å². The van der Waals surface area contributed by atoms with Crippen LogP contribution in [-0.2, 0) is 13.1 Å². The first-order valence-corrected chi connectivity index (χ1v) is 11.1. The second kappa shape index (κ2) is 10.5. The number of benzene rings is 1. The first kappa shape index (κ1) is 18.3. The number of piperidine rings is 1. The third kappa shape index (κ3) is 5.79. The monoisotopic (exact) mass is 346 g/mol. The minimum absolute atomic E-state index is 1.06. The average molecular weight is 347 g/mol. The predicted molar refractivity (Wildman–Crippen MR) is 106 cm³/mol. The van der Waals surface area contributed by atoms with Gasteiger partial charge in [0.05, 0.1) is 0 Å². The summed E-state index contributed by atoms with van der Waals surface area (Å²) in [5.74, 6) is 1.28. The molecule has 0 aromatic heterocycles. The zero-order valence-corrected chi connectivity index (χ0v) is 16.0. The molecule has 0 aliphatic carbocycles. The van der Waals surface area contributed by atoms with Crippen LogP contribution in [0.15, 0.2) is 23.1 Å². The van der Waals surface area contributed by atoms with E-state index in [1.807, 2.05) is 0 Å². The van der Waals surface area contributed by atoms with Crippen LogP contribution in [-0.4, -0.2) is 30.3 Å². The van der Waals surface area contributed by atoms with Gasteiger partial charge in [-0.25, -0.2) is 0 Å². The van der Waals surface area contributed by atoms with Crippen molar-refractivity contribution in [3.8, 4) is 0 Å². The molecule has 0 saturated carbocycles. The van der Waals surface area contributed by atoms with Crippen LogP contribution >= 0.6 is 11.8 Å². The van der Waals surface area contributed by atoms with Crippen molar-refractivity contribution in [1.82, 2.24) is 10.2 Å². The van der Waals surface area contributed by atoms with Crippen LogP contribution in [0, 0.1) is 0 Å². The number of rotatable bonds is 10. The number of nitrogens with one attached hydrogen (secondary N) is 1. The molecule has 2 nitrogen and oxygen atoms in total. The summed E-state index contributed by atoms with van der Waals surface area (Å²) in [4.78, 5) is 4.19. The Kier molecular flexibility index (Phi) is 7.98. The molecule has 0 atom stereocenters. The summed E-state index contributed by atoms with van der Waals surface area (Å²) in [6, 6.07) is 6.79. The zero-order valence-electron chi connectivity index (χ0n) is 15.2. The van der Waals surface area contributed by atoms with Gasteiger partial charge in [0.15, 0.2) is 0 Å². The summed E-state index contributed by atoms with van der Waals surface area (Å²) in [6.45, 7) is 6.19. The van der Waals surface area contributed by atoms with E-state index in [4.69, 9.17) is 0 Å². The van der Waals surface area contributed by atoms with Crippen LogP contribution in [0.25, 0.3) is 0 Å². The van der Waals surface area contributed by atoms with Crippen LogP contribution < -0.4 is 5.32 Å². The lowest BCUT2D eigenvalue weighted by molar-refractivity contribution is 0.224. The standard InChI is InChI=1S/C21H34N2S/c1(3-6-13-23-14-7-5-8-15-23)2-4-9-16-24-21-12-10-11-19-17-22-18-20(19)21/h10-12,22H,1-9,13-18H2. The maximum atomic E-state index is 3.47. The molecular formula is C21H34N2S. The fourth-order valence-electron chi connectivity index (χ4n) is 3.94. The fraction of sp³-hybridized carbons (Fsp3) is 0.714. The number of thioether (sulfide) groups is 1. The summed E-state index contributed by atoms with van der Waals surface area (Å²) in [5.41, 5.74) is 3.06. The third-order valence-corrected chi connectivity index (χ3v) is 6.61. The number of hydrogen-bond acceptors (Lipinski definition) is 3. The van der Waals surface area contributed by atoms with Crippen molar-refractivity contribution >= 4 is 11.8 Å². The molecule has 0 bridgehead atoms.